The molecule has 0 aromatic carbocycles. The number of hydrogen-bond acceptors (Lipinski definition) is 3. The minimum atomic E-state index is -0.0539. The number of aliphatic hydroxyl groups excluding tert-OH is 1. The highest BCUT2D eigenvalue weighted by Crippen LogP contribution is 1.92. The molecule has 0 saturated heterocycles. The Morgan fingerprint density at radius 3 is 2.44 bits per heavy atom. The summed E-state index contributed by atoms with van der Waals surface area (Å²) in [5.41, 5.74) is 0.583. The topological polar surface area (TPSA) is 35.8 Å². The quantitative estimate of drug-likeness (QED) is 0.546. The van der Waals surface area contributed by atoms with Crippen LogP contribution in [0.5, 0.6) is 0 Å². The molecule has 0 amide bonds. The van der Waals surface area contributed by atoms with E-state index < -0.39 is 0 Å². The van der Waals surface area contributed by atoms with Gasteiger partial charge in [0.15, 0.2) is 0 Å². The number of aliphatic hydroxyl groups is 1. The van der Waals surface area contributed by atoms with E-state index in [2.05, 4.69) is 11.7 Å². The molecule has 0 bridgehead atoms. The van der Waals surface area contributed by atoms with Gasteiger partial charge >= 0.3 is 0 Å². The minimum absolute atomic E-state index is 0.0539. The Morgan fingerprint density at radius 2 is 2.33 bits per heavy atom. The van der Waals surface area contributed by atoms with Crippen LogP contribution >= 0.6 is 0 Å². The third-order valence-electron chi connectivity index (χ3n) is 0.772. The van der Waals surface area contributed by atoms with Crippen molar-refractivity contribution in [1.29, 1.82) is 0 Å². The molecule has 0 aliphatic carbocycles. The number of nitrogens with zero attached hydrogens (tertiary/aromatic N) is 2. The van der Waals surface area contributed by atoms with Gasteiger partial charge in [0, 0.05) is 20.3 Å². The second-order valence-electron chi connectivity index (χ2n) is 1.90. The first-order valence-electron chi connectivity index (χ1n) is 2.65. The van der Waals surface area contributed by atoms with Gasteiger partial charge in [-0.05, 0) is 6.72 Å². The van der Waals surface area contributed by atoms with E-state index in [0.29, 0.717) is 5.70 Å². The zero-order chi connectivity index (χ0) is 7.28. The summed E-state index contributed by atoms with van der Waals surface area (Å²) >= 11 is 0. The van der Waals surface area contributed by atoms with Gasteiger partial charge in [0.2, 0.25) is 0 Å². The molecule has 0 rings (SSSR count). The summed E-state index contributed by atoms with van der Waals surface area (Å²) in [7, 11) is 3.72. The molecule has 0 aliphatic rings. The van der Waals surface area contributed by atoms with E-state index >= 15 is 0 Å². The number of rotatable bonds is 3. The number of aliphatic imine (C=N–C) groups is 1. The van der Waals surface area contributed by atoms with Gasteiger partial charge in [-0.15, -0.1) is 0 Å². The van der Waals surface area contributed by atoms with E-state index in [9.17, 15) is 0 Å². The molecule has 0 spiro atoms. The van der Waals surface area contributed by atoms with Crippen LogP contribution in [0.1, 0.15) is 0 Å². The highest BCUT2D eigenvalue weighted by Gasteiger charge is 1.87. The van der Waals surface area contributed by atoms with Crippen molar-refractivity contribution >= 4 is 6.72 Å². The first kappa shape index (κ1) is 8.17. The molecule has 52 valence electrons. The highest BCUT2D eigenvalue weighted by molar-refractivity contribution is 5.28. The predicted octanol–water partition coefficient (Wildman–Crippen LogP) is 0.0823. The highest BCUT2D eigenvalue weighted by atomic mass is 16.3. The Kier molecular flexibility index (Phi) is 3.71. The summed E-state index contributed by atoms with van der Waals surface area (Å²) in [6, 6.07) is 0. The standard InChI is InChI=1S/C6H12N2O/c1-7-6(5-9)4-8(2)3/h4,9H,1,5H2,2-3H3/b6-4-. The third-order valence-corrected chi connectivity index (χ3v) is 0.772. The number of hydrogen-bond donors (Lipinski definition) is 1. The van der Waals surface area contributed by atoms with Gasteiger partial charge < -0.3 is 10.0 Å². The molecule has 0 heterocycles. The molecular formula is C6H12N2O. The Bertz CT molecular complexity index is 118. The zero-order valence-corrected chi connectivity index (χ0v) is 5.83. The average molecular weight is 128 g/mol. The van der Waals surface area contributed by atoms with E-state index in [1.807, 2.05) is 14.1 Å². The van der Waals surface area contributed by atoms with Gasteiger partial charge in [-0.25, -0.2) is 0 Å². The Morgan fingerprint density at radius 1 is 1.78 bits per heavy atom. The molecule has 3 nitrogen and oxygen atoms in total. The van der Waals surface area contributed by atoms with Crippen molar-refractivity contribution in [2.75, 3.05) is 20.7 Å². The maximum atomic E-state index is 8.55. The van der Waals surface area contributed by atoms with Gasteiger partial charge in [0.05, 0.1) is 12.3 Å². The SMILES string of the molecule is C=N/C(=C\N(C)C)CO. The van der Waals surface area contributed by atoms with Crippen LogP contribution in [0.2, 0.25) is 0 Å². The van der Waals surface area contributed by atoms with Gasteiger partial charge in [-0.3, -0.25) is 4.99 Å². The van der Waals surface area contributed by atoms with E-state index in [0.717, 1.165) is 0 Å². The van der Waals surface area contributed by atoms with Gasteiger partial charge in [0.25, 0.3) is 0 Å². The lowest BCUT2D eigenvalue weighted by Crippen LogP contribution is -2.03. The molecule has 3 heteroatoms. The van der Waals surface area contributed by atoms with E-state index in [-0.39, 0.29) is 6.61 Å². The molecule has 0 fully saturated rings. The minimum Gasteiger partial charge on any atom is -0.390 e. The van der Waals surface area contributed by atoms with Crippen LogP contribution in [-0.4, -0.2) is 37.4 Å². The average Bonchev–Trinajstić information content (AvgIpc) is 1.82. The Balaban J connectivity index is 3.90. The monoisotopic (exact) mass is 128 g/mol. The molecule has 0 saturated carbocycles. The van der Waals surface area contributed by atoms with Crippen LogP contribution in [0.15, 0.2) is 16.9 Å². The van der Waals surface area contributed by atoms with Crippen molar-refractivity contribution in [3.63, 3.8) is 0 Å². The van der Waals surface area contributed by atoms with Crippen molar-refractivity contribution in [1.82, 2.24) is 4.90 Å². The smallest absolute Gasteiger partial charge is 0.0867 e. The van der Waals surface area contributed by atoms with E-state index in [1.54, 1.807) is 11.1 Å². The predicted molar refractivity (Wildman–Crippen MR) is 38.4 cm³/mol. The van der Waals surface area contributed by atoms with E-state index in [4.69, 9.17) is 5.11 Å². The van der Waals surface area contributed by atoms with Gasteiger partial charge in [-0.2, -0.15) is 0 Å². The Labute approximate surface area is 55.3 Å². The lowest BCUT2D eigenvalue weighted by molar-refractivity contribution is 0.326. The summed E-state index contributed by atoms with van der Waals surface area (Å²) in [5.74, 6) is 0. The van der Waals surface area contributed by atoms with Gasteiger partial charge in [0.1, 0.15) is 0 Å². The Hall–Kier alpha value is -0.830. The largest absolute Gasteiger partial charge is 0.390 e. The van der Waals surface area contributed by atoms with Crippen LogP contribution in [0, 0.1) is 0 Å². The summed E-state index contributed by atoms with van der Waals surface area (Å²) in [4.78, 5) is 5.37. The van der Waals surface area contributed by atoms with Crippen LogP contribution < -0.4 is 0 Å². The molecule has 1 N–H and O–H groups in total. The van der Waals surface area contributed by atoms with Gasteiger partial charge in [-0.1, -0.05) is 0 Å². The first-order chi connectivity index (χ1) is 4.20. The van der Waals surface area contributed by atoms with Crippen LogP contribution in [0.3, 0.4) is 0 Å². The van der Waals surface area contributed by atoms with Crippen molar-refractivity contribution in [3.05, 3.63) is 11.9 Å². The summed E-state index contributed by atoms with van der Waals surface area (Å²) < 4.78 is 0. The fraction of sp³-hybridized carbons (Fsp3) is 0.500. The normalized spacial score (nSPS) is 11.2. The zero-order valence-electron chi connectivity index (χ0n) is 5.83. The second-order valence-corrected chi connectivity index (χ2v) is 1.90. The molecule has 0 atom stereocenters. The van der Waals surface area contributed by atoms with Crippen LogP contribution in [0.25, 0.3) is 0 Å². The fourth-order valence-electron chi connectivity index (χ4n) is 0.430. The molecular weight excluding hydrogens is 116 g/mol. The lowest BCUT2D eigenvalue weighted by Gasteiger charge is -2.04. The molecule has 0 aromatic rings. The second kappa shape index (κ2) is 4.09. The van der Waals surface area contributed by atoms with E-state index in [1.165, 1.54) is 0 Å². The first-order valence-corrected chi connectivity index (χ1v) is 2.65. The van der Waals surface area contributed by atoms with Crippen molar-refractivity contribution in [2.24, 2.45) is 4.99 Å². The lowest BCUT2D eigenvalue weighted by atomic mass is 10.5. The molecule has 0 radical (unpaired) electrons. The summed E-state index contributed by atoms with van der Waals surface area (Å²) in [5, 5.41) is 8.55. The maximum absolute atomic E-state index is 8.55. The van der Waals surface area contributed by atoms with Crippen LogP contribution in [0.4, 0.5) is 0 Å². The van der Waals surface area contributed by atoms with Crippen molar-refractivity contribution in [3.8, 4) is 0 Å². The van der Waals surface area contributed by atoms with Crippen molar-refractivity contribution < 1.29 is 5.11 Å². The third kappa shape index (κ3) is 3.73. The molecule has 0 unspecified atom stereocenters. The molecule has 9 heavy (non-hydrogen) atoms. The fourth-order valence-corrected chi connectivity index (χ4v) is 0.430. The summed E-state index contributed by atoms with van der Waals surface area (Å²) in [6.45, 7) is 3.23. The molecule has 0 aliphatic heterocycles. The molecule has 0 aromatic heterocycles. The maximum Gasteiger partial charge on any atom is 0.0867 e. The summed E-state index contributed by atoms with van der Waals surface area (Å²) in [6.07, 6.45) is 1.72. The van der Waals surface area contributed by atoms with Crippen molar-refractivity contribution in [2.45, 2.75) is 0 Å². The van der Waals surface area contributed by atoms with Crippen LogP contribution in [-0.2, 0) is 0 Å².